The molecule has 0 unspecified atom stereocenters. The van der Waals surface area contributed by atoms with Gasteiger partial charge in [-0.1, -0.05) is 18.2 Å². The first-order valence-electron chi connectivity index (χ1n) is 11.8. The molecule has 0 atom stereocenters. The van der Waals surface area contributed by atoms with E-state index < -0.39 is 5.60 Å². The predicted molar refractivity (Wildman–Crippen MR) is 135 cm³/mol. The summed E-state index contributed by atoms with van der Waals surface area (Å²) in [5.74, 6) is 1.23. The zero-order valence-corrected chi connectivity index (χ0v) is 20.6. The first kappa shape index (κ1) is 22.9. The summed E-state index contributed by atoms with van der Waals surface area (Å²) in [7, 11) is 1.92. The van der Waals surface area contributed by atoms with Crippen LogP contribution in [0.25, 0.3) is 16.7 Å². The van der Waals surface area contributed by atoms with Crippen molar-refractivity contribution < 1.29 is 9.53 Å². The van der Waals surface area contributed by atoms with Crippen LogP contribution >= 0.6 is 0 Å². The maximum atomic E-state index is 12.1. The van der Waals surface area contributed by atoms with Crippen molar-refractivity contribution in [3.8, 4) is 11.1 Å². The van der Waals surface area contributed by atoms with Crippen LogP contribution in [0, 0.1) is 5.92 Å². The second kappa shape index (κ2) is 9.05. The summed E-state index contributed by atoms with van der Waals surface area (Å²) in [6.07, 6.45) is 9.56. The van der Waals surface area contributed by atoms with Crippen molar-refractivity contribution in [1.29, 1.82) is 0 Å². The maximum absolute atomic E-state index is 12.1. The Labute approximate surface area is 205 Å². The summed E-state index contributed by atoms with van der Waals surface area (Å²) >= 11 is 0. The molecule has 2 aliphatic heterocycles. The molecule has 1 saturated heterocycles. The lowest BCUT2D eigenvalue weighted by atomic mass is 10.0. The Morgan fingerprint density at radius 3 is 2.54 bits per heavy atom. The molecule has 0 aliphatic carbocycles. The van der Waals surface area contributed by atoms with Gasteiger partial charge in [0, 0.05) is 67.9 Å². The van der Waals surface area contributed by atoms with Crippen LogP contribution in [0.4, 0.5) is 4.79 Å². The Morgan fingerprint density at radius 1 is 1.09 bits per heavy atom. The van der Waals surface area contributed by atoms with Crippen molar-refractivity contribution in [1.82, 2.24) is 29.8 Å². The van der Waals surface area contributed by atoms with Crippen molar-refractivity contribution in [2.24, 2.45) is 18.0 Å². The van der Waals surface area contributed by atoms with Crippen LogP contribution in [-0.2, 0) is 18.3 Å². The van der Waals surface area contributed by atoms with Gasteiger partial charge < -0.3 is 15.0 Å². The summed E-state index contributed by atoms with van der Waals surface area (Å²) in [5, 5.41) is 12.1. The largest absolute Gasteiger partial charge is 0.444 e. The lowest BCUT2D eigenvalue weighted by molar-refractivity contribution is -0.00383. The highest BCUT2D eigenvalue weighted by atomic mass is 16.6. The van der Waals surface area contributed by atoms with Gasteiger partial charge in [0.1, 0.15) is 11.4 Å². The SMILES string of the molecule is Cn1cc(-c2cccc(C3=NCC(c4cnn(CC5CN(C(=O)OC(C)(C)C)C5)c4)=CN3)c2)cn1. The van der Waals surface area contributed by atoms with Gasteiger partial charge in [0.2, 0.25) is 0 Å². The van der Waals surface area contributed by atoms with Gasteiger partial charge in [-0.25, -0.2) is 4.79 Å². The van der Waals surface area contributed by atoms with Crippen LogP contribution in [0.3, 0.4) is 0 Å². The van der Waals surface area contributed by atoms with E-state index in [9.17, 15) is 4.79 Å². The number of likely N-dealkylation sites (tertiary alicyclic amines) is 1. The molecule has 182 valence electrons. The smallest absolute Gasteiger partial charge is 0.410 e. The number of rotatable bonds is 5. The predicted octanol–water partition coefficient (Wildman–Crippen LogP) is 3.54. The van der Waals surface area contributed by atoms with Crippen molar-refractivity contribution in [2.75, 3.05) is 19.6 Å². The Hall–Kier alpha value is -3.88. The fourth-order valence-electron chi connectivity index (χ4n) is 4.23. The molecule has 0 bridgehead atoms. The molecular formula is C26H31N7O2. The number of nitrogens with zero attached hydrogens (tertiary/aromatic N) is 6. The van der Waals surface area contributed by atoms with Crippen LogP contribution in [0.5, 0.6) is 0 Å². The number of hydrogen-bond donors (Lipinski definition) is 1. The van der Waals surface area contributed by atoms with E-state index in [1.54, 1.807) is 9.58 Å². The summed E-state index contributed by atoms with van der Waals surface area (Å²) in [6, 6.07) is 8.30. The molecule has 5 rings (SSSR count). The molecule has 0 spiro atoms. The topological polar surface area (TPSA) is 89.6 Å². The maximum Gasteiger partial charge on any atom is 0.410 e. The minimum atomic E-state index is -0.467. The van der Waals surface area contributed by atoms with Gasteiger partial charge in [-0.2, -0.15) is 10.2 Å². The second-order valence-corrected chi connectivity index (χ2v) is 10.2. The Balaban J connectivity index is 1.16. The Bertz CT molecular complexity index is 1290. The summed E-state index contributed by atoms with van der Waals surface area (Å²) < 4.78 is 9.18. The normalized spacial score (nSPS) is 16.3. The van der Waals surface area contributed by atoms with E-state index in [0.717, 1.165) is 40.2 Å². The van der Waals surface area contributed by atoms with Crippen LogP contribution in [-0.4, -0.2) is 61.6 Å². The number of aryl methyl sites for hydroxylation is 1. The highest BCUT2D eigenvalue weighted by molar-refractivity contribution is 6.02. The molecule has 1 N–H and O–H groups in total. The van der Waals surface area contributed by atoms with Crippen LogP contribution in [0.15, 0.2) is 60.2 Å². The number of benzene rings is 1. The van der Waals surface area contributed by atoms with E-state index in [4.69, 9.17) is 9.73 Å². The Kier molecular flexibility index (Phi) is 5.92. The zero-order valence-electron chi connectivity index (χ0n) is 20.6. The summed E-state index contributed by atoms with van der Waals surface area (Å²) in [4.78, 5) is 18.6. The monoisotopic (exact) mass is 473 g/mol. The molecule has 4 heterocycles. The quantitative estimate of drug-likeness (QED) is 0.612. The van der Waals surface area contributed by atoms with E-state index in [-0.39, 0.29) is 6.09 Å². The third-order valence-corrected chi connectivity index (χ3v) is 6.02. The zero-order chi connectivity index (χ0) is 24.6. The fourth-order valence-corrected chi connectivity index (χ4v) is 4.23. The molecule has 9 heteroatoms. The van der Waals surface area contributed by atoms with E-state index in [1.807, 2.05) is 69.6 Å². The molecule has 9 nitrogen and oxygen atoms in total. The van der Waals surface area contributed by atoms with Crippen LogP contribution < -0.4 is 5.32 Å². The summed E-state index contributed by atoms with van der Waals surface area (Å²) in [5.41, 5.74) is 4.90. The average molecular weight is 474 g/mol. The number of nitrogens with one attached hydrogen (secondary N) is 1. The van der Waals surface area contributed by atoms with Gasteiger partial charge in [-0.3, -0.25) is 14.4 Å². The van der Waals surface area contributed by atoms with Gasteiger partial charge in [0.25, 0.3) is 0 Å². The average Bonchev–Trinajstić information content (AvgIpc) is 3.44. The molecule has 35 heavy (non-hydrogen) atoms. The standard InChI is InChI=1S/C26H31N7O2/c1-26(2,3)35-25(34)32-13-18(14-32)15-33-17-23(12-30-33)21-9-27-24(28-10-21)20-7-5-6-19(8-20)22-11-29-31(4)16-22/h5-9,11-12,16-18H,10,13-15H2,1-4H3,(H,27,28). The molecule has 1 amide bonds. The number of carbonyl (C=O) groups is 1. The van der Waals surface area contributed by atoms with Gasteiger partial charge in [0.05, 0.1) is 18.9 Å². The molecule has 0 saturated carbocycles. The fraction of sp³-hybridized carbons (Fsp3) is 0.385. The van der Waals surface area contributed by atoms with Crippen LogP contribution in [0.1, 0.15) is 31.9 Å². The second-order valence-electron chi connectivity index (χ2n) is 10.2. The molecule has 0 radical (unpaired) electrons. The van der Waals surface area contributed by atoms with Crippen LogP contribution in [0.2, 0.25) is 0 Å². The highest BCUT2D eigenvalue weighted by Gasteiger charge is 2.34. The third kappa shape index (κ3) is 5.29. The molecular weight excluding hydrogens is 442 g/mol. The number of aromatic nitrogens is 4. The summed E-state index contributed by atoms with van der Waals surface area (Å²) in [6.45, 7) is 8.40. The van der Waals surface area contributed by atoms with Gasteiger partial charge in [-0.15, -0.1) is 0 Å². The first-order chi connectivity index (χ1) is 16.7. The van der Waals surface area contributed by atoms with Crippen molar-refractivity contribution in [2.45, 2.75) is 32.9 Å². The number of hydrogen-bond acceptors (Lipinski definition) is 6. The van der Waals surface area contributed by atoms with Gasteiger partial charge in [0.15, 0.2) is 0 Å². The third-order valence-electron chi connectivity index (χ3n) is 6.02. The first-order valence-corrected chi connectivity index (χ1v) is 11.8. The number of amides is 1. The molecule has 2 aliphatic rings. The van der Waals surface area contributed by atoms with E-state index >= 15 is 0 Å². The minimum Gasteiger partial charge on any atom is -0.444 e. The number of carbonyl (C=O) groups excluding carboxylic acids is 1. The lowest BCUT2D eigenvalue weighted by Gasteiger charge is -2.39. The van der Waals surface area contributed by atoms with Gasteiger partial charge in [-0.05, 0) is 38.0 Å². The van der Waals surface area contributed by atoms with Crippen molar-refractivity contribution in [3.05, 3.63) is 66.4 Å². The highest BCUT2D eigenvalue weighted by Crippen LogP contribution is 2.24. The van der Waals surface area contributed by atoms with E-state index in [0.29, 0.717) is 25.6 Å². The minimum absolute atomic E-state index is 0.243. The number of amidine groups is 1. The lowest BCUT2D eigenvalue weighted by Crippen LogP contribution is -2.52. The van der Waals surface area contributed by atoms with Crippen molar-refractivity contribution >= 4 is 17.5 Å². The molecule has 3 aromatic rings. The molecule has 1 fully saturated rings. The van der Waals surface area contributed by atoms with E-state index in [2.05, 4.69) is 33.7 Å². The molecule has 2 aromatic heterocycles. The van der Waals surface area contributed by atoms with Gasteiger partial charge >= 0.3 is 6.09 Å². The van der Waals surface area contributed by atoms with Crippen molar-refractivity contribution in [3.63, 3.8) is 0 Å². The molecule has 1 aromatic carbocycles. The number of ether oxygens (including phenoxy) is 1. The Morgan fingerprint density at radius 2 is 1.86 bits per heavy atom. The van der Waals surface area contributed by atoms with E-state index in [1.165, 1.54) is 0 Å². The number of aliphatic imine (C=N–C) groups is 1.